The van der Waals surface area contributed by atoms with Crippen LogP contribution in [0, 0.1) is 0 Å². The van der Waals surface area contributed by atoms with Crippen LogP contribution in [-0.4, -0.2) is 50.8 Å². The van der Waals surface area contributed by atoms with Gasteiger partial charge in [0.15, 0.2) is 0 Å². The van der Waals surface area contributed by atoms with Crippen molar-refractivity contribution in [3.63, 3.8) is 0 Å². The topological polar surface area (TPSA) is 192 Å². The van der Waals surface area contributed by atoms with E-state index >= 15 is 0 Å². The second-order valence-electron chi connectivity index (χ2n) is 7.31. The van der Waals surface area contributed by atoms with Crippen LogP contribution in [0.15, 0.2) is 37.9 Å². The molecule has 0 aliphatic rings. The molecule has 0 atom stereocenters. The van der Waals surface area contributed by atoms with E-state index in [0.29, 0.717) is 11.3 Å². The van der Waals surface area contributed by atoms with Crippen molar-refractivity contribution in [3.8, 4) is 0 Å². The van der Waals surface area contributed by atoms with Crippen molar-refractivity contribution in [1.82, 2.24) is 15.1 Å². The Bertz CT molecular complexity index is 1290. The zero-order valence-corrected chi connectivity index (χ0v) is 20.0. The Hall–Kier alpha value is -2.82. The monoisotopic (exact) mass is 506 g/mol. The van der Waals surface area contributed by atoms with Gasteiger partial charge in [0.2, 0.25) is 15.0 Å². The zero-order valence-electron chi connectivity index (χ0n) is 17.5. The third-order valence-corrected chi connectivity index (χ3v) is 7.06. The summed E-state index contributed by atoms with van der Waals surface area (Å²) in [7, 11) is -6.98. The van der Waals surface area contributed by atoms with Gasteiger partial charge in [-0.3, -0.25) is 4.79 Å². The molecule has 176 valence electrons. The van der Waals surface area contributed by atoms with Crippen LogP contribution in [0.1, 0.15) is 20.8 Å². The third-order valence-electron chi connectivity index (χ3n) is 3.36. The van der Waals surface area contributed by atoms with Crippen molar-refractivity contribution < 1.29 is 31.2 Å². The van der Waals surface area contributed by atoms with Gasteiger partial charge >= 0.3 is 6.09 Å². The zero-order chi connectivity index (χ0) is 24.3. The summed E-state index contributed by atoms with van der Waals surface area (Å²) in [4.78, 5) is 23.1. The Morgan fingerprint density at radius 1 is 1.19 bits per heavy atom. The minimum Gasteiger partial charge on any atom is -0.444 e. The number of nitrogens with two attached hydrogens (primary N) is 1. The first kappa shape index (κ1) is 25.4. The first-order valence-electron chi connectivity index (χ1n) is 8.81. The van der Waals surface area contributed by atoms with Crippen molar-refractivity contribution in [2.45, 2.75) is 35.6 Å². The summed E-state index contributed by atoms with van der Waals surface area (Å²) in [5, 5.41) is 13.4. The molecule has 2 amide bonds. The van der Waals surface area contributed by atoms with E-state index in [4.69, 9.17) is 9.88 Å². The van der Waals surface area contributed by atoms with Crippen molar-refractivity contribution in [2.24, 2.45) is 16.6 Å². The normalized spacial score (nSPS) is 13.0. The van der Waals surface area contributed by atoms with Crippen LogP contribution in [0.3, 0.4) is 0 Å². The Morgan fingerprint density at radius 2 is 1.78 bits per heavy atom. The highest BCUT2D eigenvalue weighted by Gasteiger charge is 2.19. The number of anilines is 1. The van der Waals surface area contributed by atoms with Crippen LogP contribution < -0.4 is 20.6 Å². The van der Waals surface area contributed by atoms with E-state index < -0.39 is 42.0 Å². The van der Waals surface area contributed by atoms with E-state index in [0.717, 1.165) is 4.68 Å². The number of hydrogen-bond acceptors (Lipinski definition) is 9. The van der Waals surface area contributed by atoms with Crippen LogP contribution in [0.2, 0.25) is 0 Å². The summed E-state index contributed by atoms with van der Waals surface area (Å²) in [6, 6.07) is 5.07. The summed E-state index contributed by atoms with van der Waals surface area (Å²) < 4.78 is 56.8. The van der Waals surface area contributed by atoms with E-state index in [1.54, 1.807) is 20.8 Å². The van der Waals surface area contributed by atoms with Gasteiger partial charge in [0.1, 0.15) is 12.1 Å². The number of carbonyl (C=O) groups excluding carboxylic acids is 2. The van der Waals surface area contributed by atoms with Crippen LogP contribution in [0.4, 0.5) is 10.5 Å². The molecule has 13 nitrogen and oxygen atoms in total. The SMILES string of the molecule is Cn1nc(S(N)(=O)=O)s/c1=N\S(=O)(=O)c1ccc(NC(=O)CNC(=O)OC(C)(C)C)cc1. The number of sulfonamides is 2. The van der Waals surface area contributed by atoms with Crippen molar-refractivity contribution in [2.75, 3.05) is 11.9 Å². The molecule has 0 unspecified atom stereocenters. The second-order valence-corrected chi connectivity index (χ2v) is 11.6. The van der Waals surface area contributed by atoms with Gasteiger partial charge in [0.05, 0.1) is 4.90 Å². The summed E-state index contributed by atoms with van der Waals surface area (Å²) in [5.74, 6) is -0.552. The molecular formula is C16H22N6O7S3. The number of hydrogen-bond donors (Lipinski definition) is 3. The molecule has 1 aromatic heterocycles. The molecular weight excluding hydrogens is 484 g/mol. The second kappa shape index (κ2) is 9.35. The maximum Gasteiger partial charge on any atom is 0.408 e. The lowest BCUT2D eigenvalue weighted by Crippen LogP contribution is -2.37. The van der Waals surface area contributed by atoms with E-state index in [1.165, 1.54) is 31.3 Å². The minimum atomic E-state index is -4.20. The predicted octanol–water partition coefficient (Wildman–Crippen LogP) is -0.118. The highest BCUT2D eigenvalue weighted by molar-refractivity contribution is 7.91. The molecule has 0 radical (unpaired) electrons. The smallest absolute Gasteiger partial charge is 0.408 e. The Labute approximate surface area is 188 Å². The fourth-order valence-corrected chi connectivity index (χ4v) is 4.83. The lowest BCUT2D eigenvalue weighted by atomic mass is 10.2. The molecule has 0 fully saturated rings. The first-order valence-corrected chi connectivity index (χ1v) is 12.6. The largest absolute Gasteiger partial charge is 0.444 e. The van der Waals surface area contributed by atoms with Crippen LogP contribution >= 0.6 is 11.3 Å². The maximum absolute atomic E-state index is 12.5. The van der Waals surface area contributed by atoms with Crippen molar-refractivity contribution in [1.29, 1.82) is 0 Å². The number of nitrogens with zero attached hydrogens (tertiary/aromatic N) is 3. The Morgan fingerprint density at radius 3 is 2.28 bits per heavy atom. The maximum atomic E-state index is 12.5. The molecule has 0 aliphatic carbocycles. The van der Waals surface area contributed by atoms with Crippen LogP contribution in [-0.2, 0) is 36.6 Å². The molecule has 4 N–H and O–H groups in total. The summed E-state index contributed by atoms with van der Waals surface area (Å²) >= 11 is 0.502. The lowest BCUT2D eigenvalue weighted by molar-refractivity contribution is -0.115. The average Bonchev–Trinajstić information content (AvgIpc) is 2.99. The number of carbonyl (C=O) groups is 2. The Kier molecular flexibility index (Phi) is 7.44. The molecule has 0 saturated heterocycles. The lowest BCUT2D eigenvalue weighted by Gasteiger charge is -2.19. The number of aryl methyl sites for hydroxylation is 1. The number of benzene rings is 1. The minimum absolute atomic E-state index is 0.195. The third kappa shape index (κ3) is 7.40. The molecule has 2 aromatic rings. The van der Waals surface area contributed by atoms with Crippen molar-refractivity contribution in [3.05, 3.63) is 29.1 Å². The molecule has 2 rings (SSSR count). The molecule has 0 aliphatic heterocycles. The highest BCUT2D eigenvalue weighted by Crippen LogP contribution is 2.16. The van der Waals surface area contributed by atoms with Gasteiger partial charge in [-0.15, -0.1) is 9.50 Å². The number of rotatable bonds is 6. The van der Waals surface area contributed by atoms with Crippen LogP contribution in [0.5, 0.6) is 0 Å². The van der Waals surface area contributed by atoms with E-state index in [9.17, 15) is 26.4 Å². The molecule has 0 saturated carbocycles. The van der Waals surface area contributed by atoms with Crippen molar-refractivity contribution >= 4 is 49.1 Å². The number of nitrogens with one attached hydrogen (secondary N) is 2. The molecule has 0 bridgehead atoms. The molecule has 32 heavy (non-hydrogen) atoms. The van der Waals surface area contributed by atoms with E-state index in [-0.39, 0.29) is 21.9 Å². The van der Waals surface area contributed by atoms with Gasteiger partial charge in [0.25, 0.3) is 20.0 Å². The summed E-state index contributed by atoms with van der Waals surface area (Å²) in [6.45, 7) is 4.70. The number of alkyl carbamates (subject to hydrolysis) is 1. The van der Waals surface area contributed by atoms with E-state index in [1.807, 2.05) is 0 Å². The van der Waals surface area contributed by atoms with Crippen LogP contribution in [0.25, 0.3) is 0 Å². The number of ether oxygens (including phenoxy) is 1. The number of amides is 2. The van der Waals surface area contributed by atoms with E-state index in [2.05, 4.69) is 20.1 Å². The first-order chi connectivity index (χ1) is 14.6. The highest BCUT2D eigenvalue weighted by atomic mass is 32.2. The van der Waals surface area contributed by atoms with Gasteiger partial charge in [0, 0.05) is 12.7 Å². The van der Waals surface area contributed by atoms with Gasteiger partial charge in [-0.25, -0.2) is 23.0 Å². The average molecular weight is 507 g/mol. The Balaban J connectivity index is 2.09. The predicted molar refractivity (Wildman–Crippen MR) is 115 cm³/mol. The summed E-state index contributed by atoms with van der Waals surface area (Å²) in [6.07, 6.45) is -0.752. The van der Waals surface area contributed by atoms with Gasteiger partial charge in [-0.2, -0.15) is 8.42 Å². The van der Waals surface area contributed by atoms with Gasteiger partial charge < -0.3 is 15.4 Å². The molecule has 16 heteroatoms. The molecule has 1 aromatic carbocycles. The van der Waals surface area contributed by atoms with Gasteiger partial charge in [-0.1, -0.05) is 11.3 Å². The standard InChI is InChI=1S/C16H22N6O7S3/c1-16(2,3)29-14(24)18-9-12(23)19-10-5-7-11(8-6-10)32(27,28)21-13-22(4)20-15(30-13)31(17,25)26/h5-8H,9H2,1-4H3,(H,18,24)(H,19,23)(H2,17,25,26)/b21-13-. The fraction of sp³-hybridized carbons (Fsp3) is 0.375. The molecule has 1 heterocycles. The number of aromatic nitrogens is 2. The fourth-order valence-electron chi connectivity index (χ4n) is 2.06. The molecule has 0 spiro atoms. The quantitative estimate of drug-likeness (QED) is 0.482. The van der Waals surface area contributed by atoms with Gasteiger partial charge in [-0.05, 0) is 45.0 Å². The number of primary sulfonamides is 1. The summed E-state index contributed by atoms with van der Waals surface area (Å²) in [5.41, 5.74) is -0.427.